The molecular weight excluding hydrogens is 486 g/mol. The number of Topliss-reactive ketones (excluding diaryl/α,β-unsaturated/α-hetero) is 1. The molecule has 38 heavy (non-hydrogen) atoms. The number of para-hydroxylation sites is 1. The zero-order valence-corrected chi connectivity index (χ0v) is 21.4. The molecule has 1 aliphatic rings. The van der Waals surface area contributed by atoms with Crippen molar-refractivity contribution >= 4 is 28.3 Å². The minimum Gasteiger partial charge on any atom is -0.503 e. The van der Waals surface area contributed by atoms with E-state index in [2.05, 4.69) is 0 Å². The molecule has 5 rings (SSSR count). The predicted molar refractivity (Wildman–Crippen MR) is 142 cm³/mol. The van der Waals surface area contributed by atoms with E-state index in [4.69, 9.17) is 18.6 Å². The molecule has 0 saturated heterocycles. The maximum Gasteiger partial charge on any atom is 0.294 e. The van der Waals surface area contributed by atoms with Gasteiger partial charge in [0.05, 0.1) is 31.9 Å². The summed E-state index contributed by atoms with van der Waals surface area (Å²) in [7, 11) is 3.03. The summed E-state index contributed by atoms with van der Waals surface area (Å²) in [6.07, 6.45) is -0.0828. The van der Waals surface area contributed by atoms with Crippen molar-refractivity contribution in [1.29, 1.82) is 0 Å². The summed E-state index contributed by atoms with van der Waals surface area (Å²) < 4.78 is 22.5. The largest absolute Gasteiger partial charge is 0.503 e. The number of fused-ring (bicyclic) bond motifs is 1. The molecule has 1 aliphatic heterocycles. The van der Waals surface area contributed by atoms with Crippen molar-refractivity contribution in [3.05, 3.63) is 95.5 Å². The van der Waals surface area contributed by atoms with Crippen LogP contribution in [0.15, 0.2) is 88.5 Å². The van der Waals surface area contributed by atoms with Crippen molar-refractivity contribution in [1.82, 2.24) is 0 Å². The van der Waals surface area contributed by atoms with Crippen LogP contribution in [-0.2, 0) is 4.79 Å². The number of ether oxygens (including phenoxy) is 3. The van der Waals surface area contributed by atoms with E-state index < -0.39 is 23.5 Å². The Bertz CT molecular complexity index is 1570. The van der Waals surface area contributed by atoms with Crippen LogP contribution < -0.4 is 19.1 Å². The average Bonchev–Trinajstić information content (AvgIpc) is 3.47. The molecule has 0 spiro atoms. The van der Waals surface area contributed by atoms with E-state index in [1.165, 1.54) is 19.1 Å². The average molecular weight is 514 g/mol. The normalized spacial score (nSPS) is 15.4. The lowest BCUT2D eigenvalue weighted by atomic mass is 9.94. The third-order valence-corrected chi connectivity index (χ3v) is 6.28. The van der Waals surface area contributed by atoms with Gasteiger partial charge in [-0.15, -0.1) is 0 Å². The maximum atomic E-state index is 13.9. The molecule has 8 nitrogen and oxygen atoms in total. The number of aliphatic hydroxyl groups is 1. The standard InChI is InChI=1S/C30H27NO7/c1-17(2)37-22-12-5-8-18(14-22)26-25(27(32)24-15-19-9-6-13-23(36-4)29(19)38-24)28(33)30(34)31(26)20-10-7-11-21(16-20)35-3/h5-17,26,33H,1-4H3. The first-order chi connectivity index (χ1) is 18.3. The Hall–Kier alpha value is -4.72. The molecule has 1 N–H and O–H groups in total. The molecule has 0 aliphatic carbocycles. The predicted octanol–water partition coefficient (Wildman–Crippen LogP) is 6.02. The van der Waals surface area contributed by atoms with Gasteiger partial charge in [0, 0.05) is 17.1 Å². The van der Waals surface area contributed by atoms with Crippen LogP contribution in [-0.4, -0.2) is 37.1 Å². The van der Waals surface area contributed by atoms with E-state index in [1.54, 1.807) is 72.8 Å². The van der Waals surface area contributed by atoms with Gasteiger partial charge in [-0.1, -0.05) is 30.3 Å². The van der Waals surface area contributed by atoms with E-state index in [0.717, 1.165) is 0 Å². The van der Waals surface area contributed by atoms with E-state index in [-0.39, 0.29) is 17.4 Å². The van der Waals surface area contributed by atoms with Crippen LogP contribution in [0.1, 0.15) is 36.0 Å². The number of ketones is 1. The third-order valence-electron chi connectivity index (χ3n) is 6.28. The highest BCUT2D eigenvalue weighted by Gasteiger charge is 2.45. The van der Waals surface area contributed by atoms with Crippen LogP contribution in [0, 0.1) is 0 Å². The van der Waals surface area contributed by atoms with Crippen LogP contribution in [0.4, 0.5) is 5.69 Å². The lowest BCUT2D eigenvalue weighted by Gasteiger charge is -2.27. The number of benzene rings is 3. The first-order valence-corrected chi connectivity index (χ1v) is 12.1. The summed E-state index contributed by atoms with van der Waals surface area (Å²) in [6, 6.07) is 19.9. The number of aliphatic hydroxyl groups excluding tert-OH is 1. The fourth-order valence-electron chi connectivity index (χ4n) is 4.65. The van der Waals surface area contributed by atoms with Crippen molar-refractivity contribution in [2.45, 2.75) is 26.0 Å². The Morgan fingerprint density at radius 3 is 2.42 bits per heavy atom. The summed E-state index contributed by atoms with van der Waals surface area (Å²) in [5.74, 6) is -0.432. The number of hydrogen-bond acceptors (Lipinski definition) is 7. The number of hydrogen-bond donors (Lipinski definition) is 1. The second kappa shape index (κ2) is 9.97. The van der Waals surface area contributed by atoms with Gasteiger partial charge < -0.3 is 23.7 Å². The van der Waals surface area contributed by atoms with Gasteiger partial charge in [0.1, 0.15) is 11.5 Å². The van der Waals surface area contributed by atoms with Gasteiger partial charge in [-0.25, -0.2) is 0 Å². The molecule has 2 heterocycles. The maximum absolute atomic E-state index is 13.9. The molecule has 1 amide bonds. The van der Waals surface area contributed by atoms with Crippen LogP contribution in [0.3, 0.4) is 0 Å². The minimum absolute atomic E-state index is 0.0223. The quantitative estimate of drug-likeness (QED) is 0.288. The molecule has 1 unspecified atom stereocenters. The van der Waals surface area contributed by atoms with Crippen LogP contribution in [0.25, 0.3) is 11.0 Å². The first kappa shape index (κ1) is 25.0. The third kappa shape index (κ3) is 4.34. The number of rotatable bonds is 8. The molecular formula is C30H27NO7. The van der Waals surface area contributed by atoms with Gasteiger partial charge in [-0.3, -0.25) is 14.5 Å². The Labute approximate surface area is 219 Å². The highest BCUT2D eigenvalue weighted by Crippen LogP contribution is 2.44. The molecule has 0 fully saturated rings. The Morgan fingerprint density at radius 2 is 1.68 bits per heavy atom. The topological polar surface area (TPSA) is 98.4 Å². The molecule has 0 saturated carbocycles. The molecule has 4 aromatic rings. The molecule has 0 bridgehead atoms. The number of anilines is 1. The Balaban J connectivity index is 1.66. The second-order valence-corrected chi connectivity index (χ2v) is 9.10. The van der Waals surface area contributed by atoms with Gasteiger partial charge in [-0.05, 0) is 55.8 Å². The number of methoxy groups -OCH3 is 2. The summed E-state index contributed by atoms with van der Waals surface area (Å²) in [5.41, 5.74) is 1.34. The van der Waals surface area contributed by atoms with E-state index in [1.807, 2.05) is 13.8 Å². The van der Waals surface area contributed by atoms with E-state index in [0.29, 0.717) is 39.5 Å². The summed E-state index contributed by atoms with van der Waals surface area (Å²) in [6.45, 7) is 3.82. The second-order valence-electron chi connectivity index (χ2n) is 9.10. The number of nitrogens with zero attached hydrogens (tertiary/aromatic N) is 1. The molecule has 8 heteroatoms. The molecule has 1 aromatic heterocycles. The SMILES string of the molecule is COc1cccc(N2C(=O)C(O)=C(C(=O)c3cc4cccc(OC)c4o3)C2c2cccc(OC(C)C)c2)c1. The fourth-order valence-corrected chi connectivity index (χ4v) is 4.65. The molecule has 0 radical (unpaired) electrons. The zero-order valence-electron chi connectivity index (χ0n) is 21.4. The highest BCUT2D eigenvalue weighted by molar-refractivity contribution is 6.20. The van der Waals surface area contributed by atoms with Crippen molar-refractivity contribution < 1.29 is 33.3 Å². The van der Waals surface area contributed by atoms with Gasteiger partial charge in [-0.2, -0.15) is 0 Å². The van der Waals surface area contributed by atoms with E-state index >= 15 is 0 Å². The van der Waals surface area contributed by atoms with Crippen LogP contribution in [0.5, 0.6) is 17.2 Å². The molecule has 194 valence electrons. The number of carbonyl (C=O) groups excluding carboxylic acids is 2. The summed E-state index contributed by atoms with van der Waals surface area (Å²) in [5, 5.41) is 11.8. The van der Waals surface area contributed by atoms with Crippen LogP contribution in [0.2, 0.25) is 0 Å². The number of carbonyl (C=O) groups is 2. The van der Waals surface area contributed by atoms with E-state index in [9.17, 15) is 14.7 Å². The number of furan rings is 1. The van der Waals surface area contributed by atoms with Crippen molar-refractivity contribution in [3.8, 4) is 17.2 Å². The summed E-state index contributed by atoms with van der Waals surface area (Å²) in [4.78, 5) is 28.8. The summed E-state index contributed by atoms with van der Waals surface area (Å²) >= 11 is 0. The lowest BCUT2D eigenvalue weighted by molar-refractivity contribution is -0.117. The Morgan fingerprint density at radius 1 is 0.947 bits per heavy atom. The molecule has 3 aromatic carbocycles. The van der Waals surface area contributed by atoms with Gasteiger partial charge in [0.25, 0.3) is 5.91 Å². The first-order valence-electron chi connectivity index (χ1n) is 12.1. The van der Waals surface area contributed by atoms with Crippen molar-refractivity contribution in [2.24, 2.45) is 0 Å². The highest BCUT2D eigenvalue weighted by atomic mass is 16.5. The monoisotopic (exact) mass is 513 g/mol. The van der Waals surface area contributed by atoms with Gasteiger partial charge >= 0.3 is 0 Å². The van der Waals surface area contributed by atoms with Crippen LogP contribution >= 0.6 is 0 Å². The van der Waals surface area contributed by atoms with Crippen molar-refractivity contribution in [3.63, 3.8) is 0 Å². The fraction of sp³-hybridized carbons (Fsp3) is 0.200. The smallest absolute Gasteiger partial charge is 0.294 e. The number of amides is 1. The van der Waals surface area contributed by atoms with Crippen molar-refractivity contribution in [2.75, 3.05) is 19.1 Å². The Kier molecular flexibility index (Phi) is 6.55. The zero-order chi connectivity index (χ0) is 27.0. The molecule has 1 atom stereocenters. The lowest BCUT2D eigenvalue weighted by Crippen LogP contribution is -2.31. The van der Waals surface area contributed by atoms with Gasteiger partial charge in [0.15, 0.2) is 22.9 Å². The van der Waals surface area contributed by atoms with Gasteiger partial charge in [0.2, 0.25) is 5.78 Å². The minimum atomic E-state index is -0.951.